The summed E-state index contributed by atoms with van der Waals surface area (Å²) in [5.74, 6) is -2.02. The van der Waals surface area contributed by atoms with Gasteiger partial charge in [-0.1, -0.05) is 318 Å². The molecule has 0 aliphatic heterocycles. The highest BCUT2D eigenvalue weighted by molar-refractivity contribution is 8.14. The maximum Gasteiger partial charge on any atom is 0.306 e. The van der Waals surface area contributed by atoms with Crippen LogP contribution in [0.2, 0.25) is 193 Å². The second-order valence-electron chi connectivity index (χ2n) is 48.2. The normalized spacial score (nSPS) is 14.3. The van der Waals surface area contributed by atoms with Crippen LogP contribution in [0.25, 0.3) is 0 Å². The lowest BCUT2D eigenvalue weighted by atomic mass is 9.92. The summed E-state index contributed by atoms with van der Waals surface area (Å²) in [4.78, 5) is 122. The molecule has 0 radical (unpaired) electrons. The minimum Gasteiger partial charge on any atom is -0.465 e. The van der Waals surface area contributed by atoms with Crippen molar-refractivity contribution in [2.75, 3.05) is 128 Å². The second-order valence-corrected chi connectivity index (χ2v) is 99.0. The van der Waals surface area contributed by atoms with Gasteiger partial charge in [0.25, 0.3) is 0 Å². The number of hydrogen-bond donors (Lipinski definition) is 0. The first-order valence-electron chi connectivity index (χ1n) is 44.4. The van der Waals surface area contributed by atoms with Gasteiger partial charge < -0.3 is 18.9 Å². The van der Waals surface area contributed by atoms with E-state index in [0.29, 0.717) is 0 Å². The van der Waals surface area contributed by atoms with Crippen LogP contribution in [0.5, 0.6) is 0 Å². The van der Waals surface area contributed by atoms with Crippen LogP contribution in [0.15, 0.2) is 0 Å². The third kappa shape index (κ3) is 44.2. The quantitative estimate of drug-likeness (QED) is 0.0318. The van der Waals surface area contributed by atoms with Gasteiger partial charge in [0.2, 0.25) is 20.5 Å². The molecule has 0 aromatic heterocycles. The number of carbonyl (C=O) groups is 8. The van der Waals surface area contributed by atoms with Gasteiger partial charge in [0.05, 0.1) is 116 Å². The molecule has 0 N–H and O–H groups in total. The molecule has 688 valence electrons. The van der Waals surface area contributed by atoms with Gasteiger partial charge in [-0.2, -0.15) is 0 Å². The summed E-state index contributed by atoms with van der Waals surface area (Å²) in [6.45, 7) is 100. The Morgan fingerprint density at radius 2 is 0.342 bits per heavy atom. The zero-order valence-corrected chi connectivity index (χ0v) is 94.7. The summed E-state index contributed by atoms with van der Waals surface area (Å²) in [6, 6.07) is 8.40. The topological polar surface area (TPSA) is 186 Å². The van der Waals surface area contributed by atoms with Crippen molar-refractivity contribution in [2.24, 2.45) is 5.41 Å². The van der Waals surface area contributed by atoms with Gasteiger partial charge in [-0.05, 0) is 141 Å². The van der Waals surface area contributed by atoms with Gasteiger partial charge in [0.15, 0.2) is 0 Å². The van der Waals surface area contributed by atoms with Crippen LogP contribution in [0.3, 0.4) is 0 Å². The van der Waals surface area contributed by atoms with Crippen molar-refractivity contribution < 1.29 is 57.3 Å². The fourth-order valence-corrected chi connectivity index (χ4v) is 27.0. The molecule has 0 saturated heterocycles. The first-order chi connectivity index (χ1) is 52.3. The predicted octanol–water partition coefficient (Wildman–Crippen LogP) is 24.0. The summed E-state index contributed by atoms with van der Waals surface area (Å²) in [7, 11) is -13.4. The molecule has 0 bridgehead atoms. The maximum atomic E-state index is 14.2. The van der Waals surface area contributed by atoms with Crippen LogP contribution in [-0.2, 0) is 57.3 Å². The van der Waals surface area contributed by atoms with E-state index in [2.05, 4.69) is 291 Å². The van der Waals surface area contributed by atoms with Crippen LogP contribution >= 0.6 is 47.0 Å². The fourth-order valence-electron chi connectivity index (χ4n) is 11.0. The van der Waals surface area contributed by atoms with E-state index in [1.165, 1.54) is 0 Å². The molecule has 0 spiro atoms. The Kier molecular flexibility index (Phi) is 47.9. The monoisotopic (exact) mass is 1850 g/mol. The number of thioether (sulfide) groups is 4. The molecule has 0 rings (SSSR count). The molecule has 0 heterocycles. The predicted molar refractivity (Wildman–Crippen MR) is 536 cm³/mol. The number of rotatable bonds is 52. The minimum absolute atomic E-state index is 0.0326. The van der Waals surface area contributed by atoms with E-state index in [9.17, 15) is 38.4 Å². The largest absolute Gasteiger partial charge is 0.465 e. The molecule has 0 aliphatic rings. The Balaban J connectivity index is 7.63. The fraction of sp³-hybridized carbons (Fsp3) is 0.910. The number of hydrogen-bond acceptors (Lipinski definition) is 20. The van der Waals surface area contributed by atoms with Gasteiger partial charge >= 0.3 is 23.9 Å². The average Bonchev–Trinajstić information content (AvgIpc) is 1.32. The lowest BCUT2D eigenvalue weighted by molar-refractivity contribution is -0.170. The highest BCUT2D eigenvalue weighted by atomic mass is 32.2. The molecule has 0 saturated carbocycles. The second kappa shape index (κ2) is 48.1. The summed E-state index contributed by atoms with van der Waals surface area (Å²) < 4.78 is 24.4. The van der Waals surface area contributed by atoms with Crippen molar-refractivity contribution >= 4 is 156 Å². The van der Waals surface area contributed by atoms with E-state index >= 15 is 0 Å². The highest BCUT2D eigenvalue weighted by Crippen LogP contribution is 2.46. The van der Waals surface area contributed by atoms with Crippen LogP contribution < -0.4 is 0 Å². The molecule has 0 aliphatic carbocycles. The Bertz CT molecular complexity index is 2570. The third-order valence-corrected chi connectivity index (χ3v) is 78.2. The molecule has 0 atom stereocenters. The van der Waals surface area contributed by atoms with Gasteiger partial charge in [-0.25, -0.2) is 0 Å². The van der Waals surface area contributed by atoms with E-state index in [0.717, 1.165) is 148 Å². The summed E-state index contributed by atoms with van der Waals surface area (Å²) in [6.07, 6.45) is -0.557. The lowest BCUT2D eigenvalue weighted by Crippen LogP contribution is -2.44. The van der Waals surface area contributed by atoms with Gasteiger partial charge in [-0.3, -0.25) is 58.0 Å². The van der Waals surface area contributed by atoms with Gasteiger partial charge in [-0.15, -0.1) is 0 Å². The molecule has 0 fully saturated rings. The van der Waals surface area contributed by atoms with Crippen LogP contribution in [0.4, 0.5) is 0 Å². The van der Waals surface area contributed by atoms with Crippen LogP contribution in [0.1, 0.15) is 192 Å². The number of nitrogens with zero attached hydrogens (tertiary/aromatic N) is 4. The molecule has 117 heavy (non-hydrogen) atoms. The summed E-state index contributed by atoms with van der Waals surface area (Å²) in [5.41, 5.74) is -1.64. The summed E-state index contributed by atoms with van der Waals surface area (Å²) >= 11 is 4.42. The molecule has 16 nitrogen and oxygen atoms in total. The van der Waals surface area contributed by atoms with E-state index in [1.807, 2.05) is 0 Å². The zero-order chi connectivity index (χ0) is 91.7. The SMILES string of the molecule is CC(C)(C)[Si](C)(C)CCN(CC[Si](C)(C)C(C)(C)C)CC(=O)SCCC(=O)OCC(COC(=O)CCSC(=O)CN(CC[Si](C)(C)C(C)(C)C)CC[Si](C)(C)C(C)(C)C)(COC(=O)CCSC(=O)CN(CC[Si](C)(C)C(C)(C)C)CC[Si](C)(C)C(C)(C)C)COC(=O)CCSC(=O)CN(CC[Si](C)(C)C(C)(C)C)CC[Si](C)(C)C(C)(C)C. The first kappa shape index (κ1) is 117. The number of carbonyl (C=O) groups excluding carboxylic acids is 8. The third-order valence-electron chi connectivity index (χ3n) is 30.5. The van der Waals surface area contributed by atoms with Crippen molar-refractivity contribution in [2.45, 2.75) is 385 Å². The minimum atomic E-state index is -1.68. The Labute approximate surface area is 745 Å². The van der Waals surface area contributed by atoms with E-state index < -0.39 is 120 Å². The lowest BCUT2D eigenvalue weighted by Gasteiger charge is -2.40. The molecular weight excluding hydrogens is 1670 g/mol. The van der Waals surface area contributed by atoms with Crippen molar-refractivity contribution in [3.05, 3.63) is 0 Å². The summed E-state index contributed by atoms with van der Waals surface area (Å²) in [5, 5.41) is 1.40. The molecule has 0 aromatic carbocycles. The number of esters is 4. The highest BCUT2D eigenvalue weighted by Gasteiger charge is 2.44. The molecule has 28 heteroatoms. The van der Waals surface area contributed by atoms with Crippen molar-refractivity contribution in [3.8, 4) is 0 Å². The smallest absolute Gasteiger partial charge is 0.306 e. The Morgan fingerprint density at radius 1 is 0.222 bits per heavy atom. The molecule has 0 amide bonds. The Morgan fingerprint density at radius 3 is 0.453 bits per heavy atom. The average molecular weight is 1860 g/mol. The Hall–Kier alpha value is -0.465. The van der Waals surface area contributed by atoms with Crippen molar-refractivity contribution in [1.29, 1.82) is 0 Å². The van der Waals surface area contributed by atoms with Crippen LogP contribution in [0, 0.1) is 5.41 Å². The molecule has 0 unspecified atom stereocenters. The zero-order valence-electron chi connectivity index (χ0n) is 83.4. The standard InChI is InChI=1S/C89H184N4O12S4Si8/c1-81(2,3)110(25,26)57-45-90(46-58-111(27,28)82(4,5)6)65-77(98)106-53-41-73(94)102-69-89(70-103-74(95)42-54-107-78(99)66-91(47-59-112(29,30)83(7,8)9)48-60-113(31,32)84(10,11)12,71-104-75(96)43-55-108-79(100)67-92(49-61-114(33,34)85(13,14)15)50-62-115(35,36)86(16,17)18)72-105-76(97)44-56-109-80(101)68-93(51-63-116(37,38)87(19,20)21)52-64-117(39,40)88(22,23)24/h41-72H2,1-40H3. The van der Waals surface area contributed by atoms with Crippen LogP contribution in [-0.4, -0.2) is 257 Å². The van der Waals surface area contributed by atoms with Crippen molar-refractivity contribution in [1.82, 2.24) is 19.6 Å². The molecular formula is C89H184N4O12S4Si8. The van der Waals surface area contributed by atoms with Gasteiger partial charge in [0.1, 0.15) is 31.8 Å². The van der Waals surface area contributed by atoms with Gasteiger partial charge in [0, 0.05) is 23.0 Å². The first-order valence-corrected chi connectivity index (χ1v) is 74.0. The van der Waals surface area contributed by atoms with E-state index in [4.69, 9.17) is 18.9 Å². The van der Waals surface area contributed by atoms with Crippen molar-refractivity contribution in [3.63, 3.8) is 0 Å². The van der Waals surface area contributed by atoms with E-state index in [1.54, 1.807) is 0 Å². The maximum absolute atomic E-state index is 14.2. The van der Waals surface area contributed by atoms with E-state index in [-0.39, 0.29) is 136 Å². The number of ether oxygens (including phenoxy) is 4. The molecule has 0 aromatic rings.